The highest BCUT2D eigenvalue weighted by molar-refractivity contribution is 5.81. The average molecular weight is 198 g/mol. The Kier molecular flexibility index (Phi) is 4.19. The van der Waals surface area contributed by atoms with E-state index in [0.717, 1.165) is 7.05 Å². The number of carbonyl (C=O) groups excluding carboxylic acids is 1. The zero-order valence-electron chi connectivity index (χ0n) is 7.85. The first-order valence-electron chi connectivity index (χ1n) is 3.72. The zero-order valence-corrected chi connectivity index (χ0v) is 7.85. The molecule has 0 atom stereocenters. The van der Waals surface area contributed by atoms with Crippen molar-refractivity contribution < 1.29 is 18.0 Å². The van der Waals surface area contributed by atoms with Crippen LogP contribution in [0.5, 0.6) is 0 Å². The van der Waals surface area contributed by atoms with Crippen LogP contribution < -0.4 is 0 Å². The topological polar surface area (TPSA) is 23.6 Å². The lowest BCUT2D eigenvalue weighted by molar-refractivity contribution is -0.184. The number of hydrogen-bond acceptors (Lipinski definition) is 2. The lowest BCUT2D eigenvalue weighted by atomic mass is 10.4. The van der Waals surface area contributed by atoms with Crippen LogP contribution in [0.1, 0.15) is 0 Å². The Hall–Kier alpha value is -0.780. The smallest absolute Gasteiger partial charge is 0.337 e. The quantitative estimate of drug-likeness (QED) is 0.661. The molecule has 0 aliphatic carbocycles. The van der Waals surface area contributed by atoms with Gasteiger partial charge in [0.15, 0.2) is 0 Å². The molecule has 0 rings (SSSR count). The number of likely N-dealkylation sites (N-methyl/N-ethyl adjacent to an activating group) is 2. The van der Waals surface area contributed by atoms with Crippen molar-refractivity contribution in [1.29, 1.82) is 0 Å². The van der Waals surface area contributed by atoms with Gasteiger partial charge in [0.1, 0.15) is 0 Å². The minimum atomic E-state index is -4.76. The van der Waals surface area contributed by atoms with E-state index >= 15 is 0 Å². The molecule has 1 amide bonds. The molecule has 0 saturated heterocycles. The molecule has 0 aliphatic heterocycles. The molecule has 0 aromatic carbocycles. The summed E-state index contributed by atoms with van der Waals surface area (Å²) < 4.78 is 35.5. The third-order valence-corrected chi connectivity index (χ3v) is 1.47. The van der Waals surface area contributed by atoms with Crippen molar-refractivity contribution in [2.45, 2.75) is 6.18 Å². The van der Waals surface area contributed by atoms with Gasteiger partial charge in [-0.2, -0.15) is 13.2 Å². The third kappa shape index (κ3) is 4.72. The van der Waals surface area contributed by atoms with Crippen molar-refractivity contribution >= 4 is 5.91 Å². The molecule has 0 fully saturated rings. The standard InChI is InChI=1S/C7H13F3N2O/c1-11(2)4-5-12(3)6(13)7(8,9)10/h4-5H2,1-3H3. The van der Waals surface area contributed by atoms with E-state index in [-0.39, 0.29) is 6.54 Å². The first-order chi connectivity index (χ1) is 5.75. The number of carbonyl (C=O) groups is 1. The van der Waals surface area contributed by atoms with Crippen molar-refractivity contribution in [2.75, 3.05) is 34.2 Å². The van der Waals surface area contributed by atoms with E-state index in [4.69, 9.17) is 0 Å². The fraction of sp³-hybridized carbons (Fsp3) is 0.857. The van der Waals surface area contributed by atoms with Crippen molar-refractivity contribution in [1.82, 2.24) is 9.80 Å². The van der Waals surface area contributed by atoms with Gasteiger partial charge < -0.3 is 9.80 Å². The van der Waals surface area contributed by atoms with Crippen molar-refractivity contribution in [2.24, 2.45) is 0 Å². The maximum atomic E-state index is 11.8. The summed E-state index contributed by atoms with van der Waals surface area (Å²) in [6.45, 7) is 0.490. The monoisotopic (exact) mass is 198 g/mol. The second-order valence-corrected chi connectivity index (χ2v) is 3.03. The molecule has 0 N–H and O–H groups in total. The van der Waals surface area contributed by atoms with Gasteiger partial charge in [0.2, 0.25) is 0 Å². The Morgan fingerprint density at radius 1 is 1.15 bits per heavy atom. The fourth-order valence-electron chi connectivity index (χ4n) is 0.668. The second kappa shape index (κ2) is 4.45. The lowest BCUT2D eigenvalue weighted by Crippen LogP contribution is -2.41. The van der Waals surface area contributed by atoms with Gasteiger partial charge in [-0.3, -0.25) is 4.79 Å². The van der Waals surface area contributed by atoms with Crippen LogP contribution in [0.3, 0.4) is 0 Å². The van der Waals surface area contributed by atoms with Crippen LogP contribution in [0, 0.1) is 0 Å². The zero-order chi connectivity index (χ0) is 10.6. The van der Waals surface area contributed by atoms with Crippen LogP contribution >= 0.6 is 0 Å². The summed E-state index contributed by atoms with van der Waals surface area (Å²) in [5, 5.41) is 0. The first kappa shape index (κ1) is 12.2. The van der Waals surface area contributed by atoms with E-state index in [2.05, 4.69) is 0 Å². The molecule has 0 aliphatic rings. The molecule has 0 heterocycles. The maximum Gasteiger partial charge on any atom is 0.471 e. The fourth-order valence-corrected chi connectivity index (χ4v) is 0.668. The lowest BCUT2D eigenvalue weighted by Gasteiger charge is -2.20. The van der Waals surface area contributed by atoms with Crippen LogP contribution in [-0.4, -0.2) is 56.1 Å². The van der Waals surface area contributed by atoms with E-state index in [9.17, 15) is 18.0 Å². The molecule has 0 radical (unpaired) electrons. The van der Waals surface area contributed by atoms with Crippen LogP contribution in [0.15, 0.2) is 0 Å². The molecule has 3 nitrogen and oxygen atoms in total. The van der Waals surface area contributed by atoms with Gasteiger partial charge in [-0.1, -0.05) is 0 Å². The number of alkyl halides is 3. The molecule has 0 unspecified atom stereocenters. The average Bonchev–Trinajstić information content (AvgIpc) is 1.96. The van der Waals surface area contributed by atoms with E-state index < -0.39 is 12.1 Å². The van der Waals surface area contributed by atoms with Crippen molar-refractivity contribution in [3.63, 3.8) is 0 Å². The highest BCUT2D eigenvalue weighted by Gasteiger charge is 2.40. The second-order valence-electron chi connectivity index (χ2n) is 3.03. The third-order valence-electron chi connectivity index (χ3n) is 1.47. The molecule has 6 heteroatoms. The van der Waals surface area contributed by atoms with Gasteiger partial charge in [-0.05, 0) is 14.1 Å². The highest BCUT2D eigenvalue weighted by atomic mass is 19.4. The SMILES string of the molecule is CN(C)CCN(C)C(=O)C(F)(F)F. The molecule has 0 spiro atoms. The van der Waals surface area contributed by atoms with E-state index in [1.807, 2.05) is 0 Å². The molecule has 0 bridgehead atoms. The molecule has 0 saturated carbocycles. The molecule has 78 valence electrons. The first-order valence-corrected chi connectivity index (χ1v) is 3.72. The Labute approximate surface area is 75.1 Å². The summed E-state index contributed by atoms with van der Waals surface area (Å²) in [7, 11) is 4.59. The van der Waals surface area contributed by atoms with E-state index in [1.165, 1.54) is 0 Å². The predicted octanol–water partition coefficient (Wildman–Crippen LogP) is 0.569. The Morgan fingerprint density at radius 3 is 1.92 bits per heavy atom. The van der Waals surface area contributed by atoms with Gasteiger partial charge in [0.25, 0.3) is 0 Å². The highest BCUT2D eigenvalue weighted by Crippen LogP contribution is 2.17. The van der Waals surface area contributed by atoms with Crippen LogP contribution in [0.4, 0.5) is 13.2 Å². The van der Waals surface area contributed by atoms with Gasteiger partial charge in [-0.25, -0.2) is 0 Å². The number of halogens is 3. The van der Waals surface area contributed by atoms with Crippen LogP contribution in [-0.2, 0) is 4.79 Å². The molecular formula is C7H13F3N2O. The predicted molar refractivity (Wildman–Crippen MR) is 42.2 cm³/mol. The van der Waals surface area contributed by atoms with Gasteiger partial charge in [0.05, 0.1) is 0 Å². The van der Waals surface area contributed by atoms with Gasteiger partial charge in [0, 0.05) is 20.1 Å². The van der Waals surface area contributed by atoms with Gasteiger partial charge >= 0.3 is 12.1 Å². The summed E-state index contributed by atoms with van der Waals surface area (Å²) in [4.78, 5) is 12.9. The maximum absolute atomic E-state index is 11.8. The molecular weight excluding hydrogens is 185 g/mol. The van der Waals surface area contributed by atoms with E-state index in [0.29, 0.717) is 11.4 Å². The molecule has 0 aromatic heterocycles. The molecule has 13 heavy (non-hydrogen) atoms. The molecule has 0 aromatic rings. The number of hydrogen-bond donors (Lipinski definition) is 0. The summed E-state index contributed by atoms with van der Waals surface area (Å²) in [6.07, 6.45) is -4.76. The van der Waals surface area contributed by atoms with Gasteiger partial charge in [-0.15, -0.1) is 0 Å². The minimum absolute atomic E-state index is 0.0747. The van der Waals surface area contributed by atoms with E-state index in [1.54, 1.807) is 19.0 Å². The Balaban J connectivity index is 3.98. The van der Waals surface area contributed by atoms with Crippen LogP contribution in [0.25, 0.3) is 0 Å². The summed E-state index contributed by atoms with van der Waals surface area (Å²) >= 11 is 0. The number of rotatable bonds is 3. The number of amides is 1. The minimum Gasteiger partial charge on any atom is -0.337 e. The van der Waals surface area contributed by atoms with Crippen molar-refractivity contribution in [3.8, 4) is 0 Å². The number of nitrogens with zero attached hydrogens (tertiary/aromatic N) is 2. The summed E-state index contributed by atoms with van der Waals surface area (Å²) in [5.74, 6) is -1.80. The Morgan fingerprint density at radius 2 is 1.62 bits per heavy atom. The summed E-state index contributed by atoms with van der Waals surface area (Å²) in [6, 6.07) is 0. The van der Waals surface area contributed by atoms with Crippen LogP contribution in [0.2, 0.25) is 0 Å². The summed E-state index contributed by atoms with van der Waals surface area (Å²) in [5.41, 5.74) is 0. The normalized spacial score (nSPS) is 11.9. The largest absolute Gasteiger partial charge is 0.471 e. The van der Waals surface area contributed by atoms with Crippen molar-refractivity contribution in [3.05, 3.63) is 0 Å². The Bertz CT molecular complexity index is 179.